The second-order valence-electron chi connectivity index (χ2n) is 3.43. The molecule has 0 unspecified atom stereocenters. The van der Waals surface area contributed by atoms with Crippen molar-refractivity contribution >= 4 is 0 Å². The Morgan fingerprint density at radius 2 is 2.13 bits per heavy atom. The van der Waals surface area contributed by atoms with Crippen LogP contribution >= 0.6 is 0 Å². The lowest BCUT2D eigenvalue weighted by atomic mass is 10.2. The summed E-state index contributed by atoms with van der Waals surface area (Å²) in [6.07, 6.45) is 0. The quantitative estimate of drug-likeness (QED) is 0.736. The van der Waals surface area contributed by atoms with Crippen molar-refractivity contribution in [3.05, 3.63) is 48.2 Å². The van der Waals surface area contributed by atoms with Crippen LogP contribution in [0.25, 0.3) is 0 Å². The third kappa shape index (κ3) is 4.14. The van der Waals surface area contributed by atoms with E-state index in [2.05, 4.69) is 24.0 Å². The monoisotopic (exact) mass is 206 g/mol. The summed E-state index contributed by atoms with van der Waals surface area (Å²) in [5.41, 5.74) is 7.82. The molecule has 0 aromatic heterocycles. The molecule has 0 heterocycles. The molecule has 0 aliphatic heterocycles. The molecule has 0 aliphatic carbocycles. The Bertz CT molecular complexity index is 298. The first-order valence-electron chi connectivity index (χ1n) is 4.95. The van der Waals surface area contributed by atoms with Gasteiger partial charge in [-0.05, 0) is 5.56 Å². The number of hydrogen-bond acceptors (Lipinski definition) is 3. The van der Waals surface area contributed by atoms with Gasteiger partial charge in [0.05, 0.1) is 12.6 Å². The number of hydrogen-bond donors (Lipinski definition) is 2. The van der Waals surface area contributed by atoms with Crippen LogP contribution < -0.4 is 11.1 Å². The topological polar surface area (TPSA) is 47.3 Å². The number of nitrogens with two attached hydrogens (primary N) is 1. The highest BCUT2D eigenvalue weighted by atomic mass is 16.5. The fourth-order valence-corrected chi connectivity index (χ4v) is 1.22. The van der Waals surface area contributed by atoms with E-state index in [1.807, 2.05) is 18.2 Å². The van der Waals surface area contributed by atoms with Crippen molar-refractivity contribution < 1.29 is 4.74 Å². The molecule has 1 rings (SSSR count). The van der Waals surface area contributed by atoms with E-state index in [0.717, 1.165) is 12.2 Å². The van der Waals surface area contributed by atoms with Crippen LogP contribution in [0.4, 0.5) is 0 Å². The maximum absolute atomic E-state index is 5.80. The molecule has 0 radical (unpaired) electrons. The van der Waals surface area contributed by atoms with Gasteiger partial charge in [0.2, 0.25) is 0 Å². The second-order valence-corrected chi connectivity index (χ2v) is 3.43. The summed E-state index contributed by atoms with van der Waals surface area (Å²) >= 11 is 0. The predicted molar refractivity (Wildman–Crippen MR) is 62.3 cm³/mol. The smallest absolute Gasteiger partial charge is 0.0675 e. The molecule has 1 atom stereocenters. The van der Waals surface area contributed by atoms with Crippen LogP contribution in [-0.2, 0) is 11.3 Å². The summed E-state index contributed by atoms with van der Waals surface area (Å²) in [4.78, 5) is 0. The predicted octanol–water partition coefficient (Wildman–Crippen LogP) is 1.26. The Morgan fingerprint density at radius 3 is 2.73 bits per heavy atom. The minimum Gasteiger partial charge on any atom is -0.383 e. The van der Waals surface area contributed by atoms with Crippen molar-refractivity contribution in [3.63, 3.8) is 0 Å². The van der Waals surface area contributed by atoms with Crippen molar-refractivity contribution in [1.29, 1.82) is 0 Å². The minimum absolute atomic E-state index is 0.154. The molecule has 0 saturated carbocycles. The minimum atomic E-state index is -0.154. The molecule has 1 aromatic rings. The Morgan fingerprint density at radius 1 is 1.47 bits per heavy atom. The molecular weight excluding hydrogens is 188 g/mol. The zero-order valence-electron chi connectivity index (χ0n) is 9.07. The van der Waals surface area contributed by atoms with Gasteiger partial charge in [0.1, 0.15) is 0 Å². The van der Waals surface area contributed by atoms with E-state index in [1.54, 1.807) is 7.11 Å². The van der Waals surface area contributed by atoms with E-state index in [0.29, 0.717) is 6.61 Å². The summed E-state index contributed by atoms with van der Waals surface area (Å²) in [7, 11) is 1.63. The first-order chi connectivity index (χ1) is 7.24. The van der Waals surface area contributed by atoms with Gasteiger partial charge in [-0.2, -0.15) is 0 Å². The van der Waals surface area contributed by atoms with Crippen LogP contribution in [0, 0.1) is 0 Å². The molecule has 0 amide bonds. The fourth-order valence-electron chi connectivity index (χ4n) is 1.22. The number of rotatable bonds is 6. The maximum Gasteiger partial charge on any atom is 0.0675 e. The Labute approximate surface area is 90.9 Å². The average Bonchev–Trinajstić information content (AvgIpc) is 2.27. The van der Waals surface area contributed by atoms with Gasteiger partial charge in [0.15, 0.2) is 0 Å². The molecule has 0 saturated heterocycles. The molecule has 0 spiro atoms. The summed E-state index contributed by atoms with van der Waals surface area (Å²) in [5.74, 6) is 0. The van der Waals surface area contributed by atoms with Crippen molar-refractivity contribution in [3.8, 4) is 0 Å². The average molecular weight is 206 g/mol. The highest BCUT2D eigenvalue weighted by Crippen LogP contribution is 2.00. The molecule has 15 heavy (non-hydrogen) atoms. The summed E-state index contributed by atoms with van der Waals surface area (Å²) in [6, 6.07) is 9.97. The van der Waals surface area contributed by atoms with Crippen LogP contribution in [0.2, 0.25) is 0 Å². The summed E-state index contributed by atoms with van der Waals surface area (Å²) in [5, 5.41) is 3.18. The lowest BCUT2D eigenvalue weighted by Crippen LogP contribution is -2.34. The lowest BCUT2D eigenvalue weighted by Gasteiger charge is -2.15. The van der Waals surface area contributed by atoms with Gasteiger partial charge in [-0.3, -0.25) is 0 Å². The van der Waals surface area contributed by atoms with E-state index in [4.69, 9.17) is 10.5 Å². The van der Waals surface area contributed by atoms with Crippen LogP contribution in [0.1, 0.15) is 5.56 Å². The zero-order chi connectivity index (χ0) is 11.1. The second kappa shape index (κ2) is 6.22. The Balaban J connectivity index is 2.34. The molecular formula is C12H18N2O. The number of benzene rings is 1. The van der Waals surface area contributed by atoms with Gasteiger partial charge in [-0.1, -0.05) is 36.9 Å². The van der Waals surface area contributed by atoms with E-state index in [-0.39, 0.29) is 6.04 Å². The molecule has 3 nitrogen and oxygen atoms in total. The summed E-state index contributed by atoms with van der Waals surface area (Å²) in [6.45, 7) is 5.11. The molecule has 82 valence electrons. The van der Waals surface area contributed by atoms with Gasteiger partial charge >= 0.3 is 0 Å². The van der Waals surface area contributed by atoms with Crippen LogP contribution in [-0.4, -0.2) is 19.8 Å². The van der Waals surface area contributed by atoms with E-state index >= 15 is 0 Å². The van der Waals surface area contributed by atoms with E-state index in [1.165, 1.54) is 5.56 Å². The molecule has 0 bridgehead atoms. The Hall–Kier alpha value is -1.32. The molecule has 0 aliphatic rings. The third-order valence-electron chi connectivity index (χ3n) is 2.16. The van der Waals surface area contributed by atoms with Crippen molar-refractivity contribution in [2.75, 3.05) is 13.7 Å². The number of methoxy groups -OCH3 is 1. The maximum atomic E-state index is 5.80. The van der Waals surface area contributed by atoms with Gasteiger partial charge < -0.3 is 15.8 Å². The van der Waals surface area contributed by atoms with Crippen LogP contribution in [0.15, 0.2) is 42.6 Å². The molecule has 3 N–H and O–H groups in total. The summed E-state index contributed by atoms with van der Waals surface area (Å²) < 4.78 is 4.95. The third-order valence-corrected chi connectivity index (χ3v) is 2.16. The molecule has 1 aromatic carbocycles. The number of ether oxygens (including phenoxy) is 1. The molecule has 0 fully saturated rings. The van der Waals surface area contributed by atoms with Gasteiger partial charge in [-0.25, -0.2) is 0 Å². The SMILES string of the molecule is C=C(NCc1ccccc1)[C@H](N)COC. The first kappa shape index (κ1) is 11.8. The highest BCUT2D eigenvalue weighted by molar-refractivity contribution is 5.16. The molecule has 3 heteroatoms. The van der Waals surface area contributed by atoms with E-state index in [9.17, 15) is 0 Å². The fraction of sp³-hybridized carbons (Fsp3) is 0.333. The van der Waals surface area contributed by atoms with Crippen LogP contribution in [0.3, 0.4) is 0 Å². The van der Waals surface area contributed by atoms with Crippen molar-refractivity contribution in [2.45, 2.75) is 12.6 Å². The zero-order valence-corrected chi connectivity index (χ0v) is 9.07. The van der Waals surface area contributed by atoms with Crippen molar-refractivity contribution in [1.82, 2.24) is 5.32 Å². The normalized spacial score (nSPS) is 12.1. The lowest BCUT2D eigenvalue weighted by molar-refractivity contribution is 0.187. The van der Waals surface area contributed by atoms with Crippen LogP contribution in [0.5, 0.6) is 0 Å². The number of nitrogens with one attached hydrogen (secondary N) is 1. The highest BCUT2D eigenvalue weighted by Gasteiger charge is 2.05. The van der Waals surface area contributed by atoms with Gasteiger partial charge in [0.25, 0.3) is 0 Å². The van der Waals surface area contributed by atoms with E-state index < -0.39 is 0 Å². The standard InChI is InChI=1S/C12H18N2O/c1-10(12(13)9-15-2)14-8-11-6-4-3-5-7-11/h3-7,12,14H,1,8-9,13H2,2H3/t12-/m1/s1. The van der Waals surface area contributed by atoms with Gasteiger partial charge in [0, 0.05) is 19.4 Å². The largest absolute Gasteiger partial charge is 0.383 e. The van der Waals surface area contributed by atoms with Gasteiger partial charge in [-0.15, -0.1) is 0 Å². The first-order valence-corrected chi connectivity index (χ1v) is 4.95. The Kier molecular flexibility index (Phi) is 4.87. The van der Waals surface area contributed by atoms with Crippen molar-refractivity contribution in [2.24, 2.45) is 5.73 Å².